The number of aromatic nitrogens is 2. The van der Waals surface area contributed by atoms with Crippen LogP contribution in [0.2, 0.25) is 0 Å². The molecule has 4 nitrogen and oxygen atoms in total. The Bertz CT molecular complexity index is 347. The van der Waals surface area contributed by atoms with Crippen molar-refractivity contribution in [3.63, 3.8) is 0 Å². The fraction of sp³-hybridized carbons (Fsp3) is 0.833. The van der Waals surface area contributed by atoms with Crippen LogP contribution in [-0.4, -0.2) is 23.2 Å². The molecule has 0 aromatic carbocycles. The molecule has 0 amide bonds. The molecule has 1 N–H and O–H groups in total. The molecule has 1 aromatic rings. The first kappa shape index (κ1) is 14.5. The number of likely N-dealkylation sites (N-methyl/N-ethyl adjacent to an activating group) is 1. The van der Waals surface area contributed by atoms with E-state index in [9.17, 15) is 0 Å². The van der Waals surface area contributed by atoms with Crippen molar-refractivity contribution in [3.8, 4) is 0 Å². The zero-order valence-corrected chi connectivity index (χ0v) is 11.6. The average Bonchev–Trinajstić information content (AvgIpc) is 2.88. The van der Waals surface area contributed by atoms with Crippen LogP contribution < -0.4 is 5.32 Å². The number of hydrogen-bond donors (Lipinski definition) is 1. The van der Waals surface area contributed by atoms with Crippen molar-refractivity contribution < 1.29 is 4.52 Å². The van der Waals surface area contributed by atoms with Gasteiger partial charge in [-0.05, 0) is 26.8 Å². The van der Waals surface area contributed by atoms with E-state index in [4.69, 9.17) is 4.52 Å². The van der Waals surface area contributed by atoms with E-state index in [-0.39, 0.29) is 17.8 Å². The van der Waals surface area contributed by atoms with Gasteiger partial charge >= 0.3 is 0 Å². The second-order valence-corrected chi connectivity index (χ2v) is 5.18. The highest BCUT2D eigenvalue weighted by Gasteiger charge is 2.36. The number of rotatable bonds is 4. The lowest BCUT2D eigenvalue weighted by atomic mass is 9.89. The van der Waals surface area contributed by atoms with E-state index in [2.05, 4.69) is 29.3 Å². The van der Waals surface area contributed by atoms with Crippen LogP contribution in [0, 0.1) is 0 Å². The molecule has 1 heterocycles. The summed E-state index contributed by atoms with van der Waals surface area (Å²) >= 11 is 0. The van der Waals surface area contributed by atoms with Crippen molar-refractivity contribution in [1.29, 1.82) is 0 Å². The molecule has 1 unspecified atom stereocenters. The maximum atomic E-state index is 5.41. The molecule has 1 aliphatic rings. The standard InChI is InChI=1S/C12H21N3O.ClH/c1-9(13-3)8-10-14-11(16-15-10)12(2)6-4-5-7-12;/h9,13H,4-8H2,1-3H3;1H. The predicted octanol–water partition coefficient (Wildman–Crippen LogP) is 2.47. The van der Waals surface area contributed by atoms with Crippen LogP contribution in [0.4, 0.5) is 0 Å². The van der Waals surface area contributed by atoms with Gasteiger partial charge in [0.15, 0.2) is 5.82 Å². The summed E-state index contributed by atoms with van der Waals surface area (Å²) in [6, 6.07) is 0.391. The third-order valence-electron chi connectivity index (χ3n) is 3.67. The van der Waals surface area contributed by atoms with Crippen molar-refractivity contribution in [2.75, 3.05) is 7.05 Å². The molecule has 0 aliphatic heterocycles. The van der Waals surface area contributed by atoms with Crippen LogP contribution in [-0.2, 0) is 11.8 Å². The smallest absolute Gasteiger partial charge is 0.232 e. The van der Waals surface area contributed by atoms with Gasteiger partial charge in [-0.3, -0.25) is 0 Å². The first-order valence-electron chi connectivity index (χ1n) is 6.14. The van der Waals surface area contributed by atoms with Crippen molar-refractivity contribution in [1.82, 2.24) is 15.5 Å². The second-order valence-electron chi connectivity index (χ2n) is 5.18. The van der Waals surface area contributed by atoms with Gasteiger partial charge < -0.3 is 9.84 Å². The lowest BCUT2D eigenvalue weighted by molar-refractivity contribution is 0.294. The summed E-state index contributed by atoms with van der Waals surface area (Å²) in [6.07, 6.45) is 5.74. The van der Waals surface area contributed by atoms with E-state index in [1.807, 2.05) is 7.05 Å². The van der Waals surface area contributed by atoms with Crippen LogP contribution in [0.5, 0.6) is 0 Å². The third-order valence-corrected chi connectivity index (χ3v) is 3.67. The van der Waals surface area contributed by atoms with E-state index < -0.39 is 0 Å². The van der Waals surface area contributed by atoms with Crippen molar-refractivity contribution >= 4 is 12.4 Å². The Kier molecular flexibility index (Phi) is 4.95. The summed E-state index contributed by atoms with van der Waals surface area (Å²) in [4.78, 5) is 4.53. The molecule has 5 heteroatoms. The molecular formula is C12H22ClN3O. The predicted molar refractivity (Wildman–Crippen MR) is 69.6 cm³/mol. The Balaban J connectivity index is 0.00000144. The van der Waals surface area contributed by atoms with Crippen LogP contribution in [0.25, 0.3) is 0 Å². The molecule has 2 rings (SSSR count). The van der Waals surface area contributed by atoms with Gasteiger partial charge in [0.25, 0.3) is 0 Å². The highest BCUT2D eigenvalue weighted by Crippen LogP contribution is 2.39. The maximum Gasteiger partial charge on any atom is 0.232 e. The van der Waals surface area contributed by atoms with Gasteiger partial charge in [-0.1, -0.05) is 24.9 Å². The molecule has 17 heavy (non-hydrogen) atoms. The van der Waals surface area contributed by atoms with E-state index in [0.29, 0.717) is 6.04 Å². The second kappa shape index (κ2) is 5.83. The minimum absolute atomic E-state index is 0. The van der Waals surface area contributed by atoms with E-state index in [1.54, 1.807) is 0 Å². The molecule has 1 atom stereocenters. The first-order chi connectivity index (χ1) is 7.64. The van der Waals surface area contributed by atoms with Gasteiger partial charge in [-0.25, -0.2) is 0 Å². The van der Waals surface area contributed by atoms with E-state index >= 15 is 0 Å². The summed E-state index contributed by atoms with van der Waals surface area (Å²) in [6.45, 7) is 4.35. The minimum atomic E-state index is 0. The Morgan fingerprint density at radius 3 is 2.65 bits per heavy atom. The maximum absolute atomic E-state index is 5.41. The Hall–Kier alpha value is -0.610. The highest BCUT2D eigenvalue weighted by molar-refractivity contribution is 5.85. The topological polar surface area (TPSA) is 51.0 Å². The highest BCUT2D eigenvalue weighted by atomic mass is 35.5. The van der Waals surface area contributed by atoms with Crippen LogP contribution in [0.3, 0.4) is 0 Å². The lowest BCUT2D eigenvalue weighted by Gasteiger charge is -2.16. The SMILES string of the molecule is CNC(C)Cc1noc(C2(C)CCCC2)n1.Cl. The molecule has 1 aromatic heterocycles. The summed E-state index contributed by atoms with van der Waals surface area (Å²) in [5.74, 6) is 1.66. The zero-order valence-electron chi connectivity index (χ0n) is 10.8. The molecule has 0 bridgehead atoms. The Morgan fingerprint density at radius 1 is 1.41 bits per heavy atom. The van der Waals surface area contributed by atoms with Crippen molar-refractivity contribution in [2.24, 2.45) is 0 Å². The summed E-state index contributed by atoms with van der Waals surface area (Å²) in [7, 11) is 1.95. The monoisotopic (exact) mass is 259 g/mol. The van der Waals surface area contributed by atoms with Crippen LogP contribution in [0.15, 0.2) is 4.52 Å². The van der Waals surface area contributed by atoms with Gasteiger partial charge in [0.2, 0.25) is 5.89 Å². The molecule has 1 aliphatic carbocycles. The molecule has 0 saturated heterocycles. The number of hydrogen-bond acceptors (Lipinski definition) is 4. The quantitative estimate of drug-likeness (QED) is 0.903. The molecule has 0 spiro atoms. The molecule has 98 valence electrons. The fourth-order valence-corrected chi connectivity index (χ4v) is 2.33. The largest absolute Gasteiger partial charge is 0.339 e. The van der Waals surface area contributed by atoms with Crippen LogP contribution in [0.1, 0.15) is 51.2 Å². The normalized spacial score (nSPS) is 19.9. The molecule has 1 saturated carbocycles. The van der Waals surface area contributed by atoms with Gasteiger partial charge in [-0.2, -0.15) is 4.98 Å². The summed E-state index contributed by atoms with van der Waals surface area (Å²) in [5, 5.41) is 7.25. The summed E-state index contributed by atoms with van der Waals surface area (Å²) < 4.78 is 5.41. The van der Waals surface area contributed by atoms with Crippen molar-refractivity contribution in [3.05, 3.63) is 11.7 Å². The lowest BCUT2D eigenvalue weighted by Crippen LogP contribution is -2.24. The van der Waals surface area contributed by atoms with Crippen molar-refractivity contribution in [2.45, 2.75) is 57.4 Å². The third kappa shape index (κ3) is 3.19. The van der Waals surface area contributed by atoms with E-state index in [1.165, 1.54) is 25.7 Å². The van der Waals surface area contributed by atoms with Crippen LogP contribution >= 0.6 is 12.4 Å². The van der Waals surface area contributed by atoms with Gasteiger partial charge in [0.1, 0.15) is 0 Å². The van der Waals surface area contributed by atoms with E-state index in [0.717, 1.165) is 18.1 Å². The van der Waals surface area contributed by atoms with Gasteiger partial charge in [0, 0.05) is 17.9 Å². The molecular weight excluding hydrogens is 238 g/mol. The number of nitrogens with zero attached hydrogens (tertiary/aromatic N) is 2. The zero-order chi connectivity index (χ0) is 11.6. The number of nitrogens with one attached hydrogen (secondary N) is 1. The fourth-order valence-electron chi connectivity index (χ4n) is 2.33. The Labute approximate surface area is 109 Å². The molecule has 0 radical (unpaired) electrons. The first-order valence-corrected chi connectivity index (χ1v) is 6.14. The van der Waals surface area contributed by atoms with Gasteiger partial charge in [0.05, 0.1) is 0 Å². The summed E-state index contributed by atoms with van der Waals surface area (Å²) in [5.41, 5.74) is 0.133. The average molecular weight is 260 g/mol. The Morgan fingerprint density at radius 2 is 2.06 bits per heavy atom. The van der Waals surface area contributed by atoms with Gasteiger partial charge in [-0.15, -0.1) is 12.4 Å². The molecule has 1 fully saturated rings. The number of halogens is 1. The minimum Gasteiger partial charge on any atom is -0.339 e.